The molecule has 5 nitrogen and oxygen atoms in total. The highest BCUT2D eigenvalue weighted by Gasteiger charge is 2.10. The van der Waals surface area contributed by atoms with Crippen molar-refractivity contribution in [2.75, 3.05) is 0 Å². The van der Waals surface area contributed by atoms with Crippen LogP contribution >= 0.6 is 0 Å². The summed E-state index contributed by atoms with van der Waals surface area (Å²) in [5.74, 6) is -0.0918. The van der Waals surface area contributed by atoms with E-state index in [1.165, 1.54) is 24.3 Å². The van der Waals surface area contributed by atoms with Crippen molar-refractivity contribution in [1.82, 2.24) is 19.9 Å². The van der Waals surface area contributed by atoms with Gasteiger partial charge in [-0.2, -0.15) is 0 Å². The lowest BCUT2D eigenvalue weighted by atomic mass is 10.1. The van der Waals surface area contributed by atoms with Crippen LogP contribution in [0.2, 0.25) is 0 Å². The van der Waals surface area contributed by atoms with E-state index in [1.54, 1.807) is 6.20 Å². The summed E-state index contributed by atoms with van der Waals surface area (Å²) in [5, 5.41) is 0. The third kappa shape index (κ3) is 4.26. The summed E-state index contributed by atoms with van der Waals surface area (Å²) in [4.78, 5) is 28.5. The number of carbonyl (C=O) groups is 1. The number of aromatic nitrogens is 4. The van der Waals surface area contributed by atoms with E-state index in [0.717, 1.165) is 18.5 Å². The Morgan fingerprint density at radius 1 is 0.913 bits per heavy atom. The highest BCUT2D eigenvalue weighted by molar-refractivity contribution is 5.95. The number of benzene rings is 1. The van der Waals surface area contributed by atoms with E-state index in [0.29, 0.717) is 11.4 Å². The molecule has 2 aromatic heterocycles. The first-order valence-electron chi connectivity index (χ1n) is 7.44. The van der Waals surface area contributed by atoms with Crippen LogP contribution in [-0.4, -0.2) is 25.7 Å². The van der Waals surface area contributed by atoms with Gasteiger partial charge in [-0.15, -0.1) is 0 Å². The smallest absolute Gasteiger partial charge is 0.188 e. The van der Waals surface area contributed by atoms with Gasteiger partial charge in [-0.05, 0) is 24.5 Å². The van der Waals surface area contributed by atoms with Crippen LogP contribution in [0.25, 0.3) is 0 Å². The van der Waals surface area contributed by atoms with Crippen LogP contribution in [0.15, 0.2) is 61.3 Å². The number of Topliss-reactive ketones (excluding diaryl/α,β-unsaturated/α-hetero) is 1. The van der Waals surface area contributed by atoms with Gasteiger partial charge in [-0.3, -0.25) is 9.78 Å². The summed E-state index contributed by atoms with van der Waals surface area (Å²) in [7, 11) is 0. The van der Waals surface area contributed by atoms with Gasteiger partial charge in [0.2, 0.25) is 0 Å². The topological polar surface area (TPSA) is 68.6 Å². The summed E-state index contributed by atoms with van der Waals surface area (Å²) >= 11 is 0. The molecule has 3 rings (SSSR count). The molecule has 0 aliphatic rings. The van der Waals surface area contributed by atoms with E-state index in [-0.39, 0.29) is 12.2 Å². The van der Waals surface area contributed by atoms with Crippen LogP contribution in [0.1, 0.15) is 27.4 Å². The van der Waals surface area contributed by atoms with Crippen LogP contribution in [0.4, 0.5) is 0 Å². The molecule has 0 saturated carbocycles. The number of rotatable bonds is 6. The lowest BCUT2D eigenvalue weighted by molar-refractivity contribution is 0.0986. The lowest BCUT2D eigenvalue weighted by Crippen LogP contribution is -2.08. The van der Waals surface area contributed by atoms with Crippen molar-refractivity contribution in [1.29, 1.82) is 0 Å². The Morgan fingerprint density at radius 2 is 1.74 bits per heavy atom. The van der Waals surface area contributed by atoms with E-state index in [2.05, 4.69) is 32.1 Å². The van der Waals surface area contributed by atoms with Gasteiger partial charge in [0, 0.05) is 18.1 Å². The molecule has 0 saturated heterocycles. The fourth-order valence-electron chi connectivity index (χ4n) is 2.29. The molecule has 0 aliphatic heterocycles. The van der Waals surface area contributed by atoms with Gasteiger partial charge in [0.15, 0.2) is 5.78 Å². The van der Waals surface area contributed by atoms with Crippen molar-refractivity contribution in [3.8, 4) is 0 Å². The average molecular weight is 304 g/mol. The van der Waals surface area contributed by atoms with Gasteiger partial charge in [-0.25, -0.2) is 15.0 Å². The first-order valence-corrected chi connectivity index (χ1v) is 7.44. The predicted octanol–water partition coefficient (Wildman–Crippen LogP) is 2.48. The van der Waals surface area contributed by atoms with E-state index < -0.39 is 0 Å². The molecule has 2 heterocycles. The second-order valence-corrected chi connectivity index (χ2v) is 5.18. The fourth-order valence-corrected chi connectivity index (χ4v) is 2.29. The van der Waals surface area contributed by atoms with Gasteiger partial charge in [0.1, 0.15) is 12.0 Å². The summed E-state index contributed by atoms with van der Waals surface area (Å²) in [6, 6.07) is 12.1. The van der Waals surface area contributed by atoms with Crippen molar-refractivity contribution in [2.45, 2.75) is 19.3 Å². The zero-order valence-electron chi connectivity index (χ0n) is 12.6. The van der Waals surface area contributed by atoms with E-state index >= 15 is 0 Å². The van der Waals surface area contributed by atoms with Crippen LogP contribution in [-0.2, 0) is 19.3 Å². The second-order valence-electron chi connectivity index (χ2n) is 5.18. The SMILES string of the molecule is O=C(Cc1cc(CCc2ccccc2)ncn1)c1cnccn1. The molecule has 5 heteroatoms. The van der Waals surface area contributed by atoms with Gasteiger partial charge in [-0.1, -0.05) is 30.3 Å². The zero-order valence-corrected chi connectivity index (χ0v) is 12.6. The zero-order chi connectivity index (χ0) is 15.9. The molecular formula is C18H16N4O. The number of hydrogen-bond acceptors (Lipinski definition) is 5. The normalized spacial score (nSPS) is 10.4. The highest BCUT2D eigenvalue weighted by atomic mass is 16.1. The van der Waals surface area contributed by atoms with Crippen molar-refractivity contribution in [3.63, 3.8) is 0 Å². The molecule has 0 amide bonds. The molecule has 0 aliphatic carbocycles. The van der Waals surface area contributed by atoms with E-state index in [1.807, 2.05) is 24.3 Å². The standard InChI is InChI=1S/C18H16N4O/c23-18(17-12-19-8-9-20-17)11-16-10-15(21-13-22-16)7-6-14-4-2-1-3-5-14/h1-5,8-10,12-13H,6-7,11H2. The molecule has 0 spiro atoms. The van der Waals surface area contributed by atoms with Crippen LogP contribution < -0.4 is 0 Å². The van der Waals surface area contributed by atoms with Gasteiger partial charge >= 0.3 is 0 Å². The maximum absolute atomic E-state index is 12.1. The van der Waals surface area contributed by atoms with Crippen molar-refractivity contribution < 1.29 is 4.79 Å². The van der Waals surface area contributed by atoms with Crippen molar-refractivity contribution in [3.05, 3.63) is 84.0 Å². The number of hydrogen-bond donors (Lipinski definition) is 0. The van der Waals surface area contributed by atoms with Crippen molar-refractivity contribution in [2.24, 2.45) is 0 Å². The number of ketones is 1. The van der Waals surface area contributed by atoms with Gasteiger partial charge in [0.25, 0.3) is 0 Å². The molecule has 0 fully saturated rings. The Balaban J connectivity index is 1.64. The summed E-state index contributed by atoms with van der Waals surface area (Å²) in [6.45, 7) is 0. The molecule has 0 bridgehead atoms. The maximum Gasteiger partial charge on any atom is 0.188 e. The largest absolute Gasteiger partial charge is 0.292 e. The fraction of sp³-hybridized carbons (Fsp3) is 0.167. The van der Waals surface area contributed by atoms with Crippen LogP contribution in [0, 0.1) is 0 Å². The Bertz CT molecular complexity index is 775. The number of carbonyl (C=O) groups excluding carboxylic acids is 1. The van der Waals surface area contributed by atoms with Gasteiger partial charge in [0.05, 0.1) is 18.3 Å². The quantitative estimate of drug-likeness (QED) is 0.654. The molecule has 0 atom stereocenters. The average Bonchev–Trinajstić information content (AvgIpc) is 2.62. The monoisotopic (exact) mass is 304 g/mol. The molecule has 0 radical (unpaired) electrons. The lowest BCUT2D eigenvalue weighted by Gasteiger charge is -2.04. The molecular weight excluding hydrogens is 288 g/mol. The first-order chi connectivity index (χ1) is 11.3. The number of aryl methyl sites for hydroxylation is 2. The van der Waals surface area contributed by atoms with Crippen molar-refractivity contribution >= 4 is 5.78 Å². The molecule has 0 N–H and O–H groups in total. The molecule has 0 unspecified atom stereocenters. The number of nitrogens with zero attached hydrogens (tertiary/aromatic N) is 4. The maximum atomic E-state index is 12.1. The Hall–Kier alpha value is -2.95. The summed E-state index contributed by atoms with van der Waals surface area (Å²) in [6.07, 6.45) is 7.98. The van der Waals surface area contributed by atoms with E-state index in [9.17, 15) is 4.79 Å². The van der Waals surface area contributed by atoms with Crippen LogP contribution in [0.5, 0.6) is 0 Å². The molecule has 1 aromatic carbocycles. The van der Waals surface area contributed by atoms with Gasteiger partial charge < -0.3 is 0 Å². The molecule has 114 valence electrons. The minimum Gasteiger partial charge on any atom is -0.292 e. The highest BCUT2D eigenvalue weighted by Crippen LogP contribution is 2.08. The minimum atomic E-state index is -0.0918. The van der Waals surface area contributed by atoms with E-state index in [4.69, 9.17) is 0 Å². The summed E-state index contributed by atoms with van der Waals surface area (Å²) in [5.41, 5.74) is 3.27. The predicted molar refractivity (Wildman–Crippen MR) is 85.9 cm³/mol. The Labute approximate surface area is 134 Å². The molecule has 23 heavy (non-hydrogen) atoms. The minimum absolute atomic E-state index is 0.0918. The first kappa shape index (κ1) is 15.0. The Morgan fingerprint density at radius 3 is 2.52 bits per heavy atom. The third-order valence-corrected chi connectivity index (χ3v) is 3.48. The van der Waals surface area contributed by atoms with Crippen LogP contribution in [0.3, 0.4) is 0 Å². The molecule has 3 aromatic rings. The summed E-state index contributed by atoms with van der Waals surface area (Å²) < 4.78 is 0. The second kappa shape index (κ2) is 7.35. The Kier molecular flexibility index (Phi) is 4.79. The third-order valence-electron chi connectivity index (χ3n) is 3.48.